The Morgan fingerprint density at radius 3 is 1.54 bits per heavy atom. The summed E-state index contributed by atoms with van der Waals surface area (Å²) in [5.41, 5.74) is 17.6. The molecule has 6 N–H and O–H groups in total. The van der Waals surface area contributed by atoms with Gasteiger partial charge in [0, 0.05) is 40.7 Å². The molecule has 0 aliphatic carbocycles. The number of pyridine rings is 2. The fourth-order valence-corrected chi connectivity index (χ4v) is 5.02. The summed E-state index contributed by atoms with van der Waals surface area (Å²) in [5, 5.41) is 25.6. The van der Waals surface area contributed by atoms with Crippen LogP contribution in [0.1, 0.15) is 27.8 Å². The molecule has 0 spiro atoms. The molecule has 6 rings (SSSR count). The molecule has 0 unspecified atom stereocenters. The van der Waals surface area contributed by atoms with Crippen molar-refractivity contribution < 1.29 is 28.4 Å². The summed E-state index contributed by atoms with van der Waals surface area (Å²) < 4.78 is 28.1. The number of hydrogen-bond acceptors (Lipinski definition) is 10. The smallest absolute Gasteiger partial charge is 0.423 e. The summed E-state index contributed by atoms with van der Waals surface area (Å²) in [7, 11) is -1.58. The van der Waals surface area contributed by atoms with Gasteiger partial charge in [-0.1, -0.05) is 40.5 Å². The molecular formula is C36H34BBrF2N10O4. The van der Waals surface area contributed by atoms with Crippen LogP contribution in [0.25, 0.3) is 40.7 Å². The fourth-order valence-electron chi connectivity index (χ4n) is 4.81. The summed E-state index contributed by atoms with van der Waals surface area (Å²) in [6.07, 6.45) is 8.23. The number of nitrogens with two attached hydrogens (primary N) is 2. The van der Waals surface area contributed by atoms with Crippen LogP contribution in [0.5, 0.6) is 0 Å². The third-order valence-electron chi connectivity index (χ3n) is 7.07. The number of aryl methyl sites for hydroxylation is 4. The van der Waals surface area contributed by atoms with Crippen molar-refractivity contribution in [3.8, 4) is 22.8 Å². The molecular weight excluding hydrogens is 765 g/mol. The molecule has 2 aromatic carbocycles. The predicted molar refractivity (Wildman–Crippen MR) is 204 cm³/mol. The zero-order valence-electron chi connectivity index (χ0n) is 29.4. The summed E-state index contributed by atoms with van der Waals surface area (Å²) >= 11 is 3.07. The Kier molecular flexibility index (Phi) is 13.9. The first-order valence-corrected chi connectivity index (χ1v) is 16.6. The van der Waals surface area contributed by atoms with Crippen LogP contribution in [0.3, 0.4) is 0 Å². The number of hydrogen-bond donors (Lipinski definition) is 4. The van der Waals surface area contributed by atoms with Crippen LogP contribution in [0.15, 0.2) is 90.2 Å². The van der Waals surface area contributed by atoms with Gasteiger partial charge in [-0.2, -0.15) is 8.78 Å². The minimum Gasteiger partial charge on any atom is -0.423 e. The summed E-state index contributed by atoms with van der Waals surface area (Å²) in [4.78, 5) is 37.9. The molecule has 4 aromatic heterocycles. The number of carbonyl (C=O) groups is 2. The van der Waals surface area contributed by atoms with Gasteiger partial charge in [0.1, 0.15) is 17.1 Å². The van der Waals surface area contributed by atoms with Crippen LogP contribution in [0, 0.1) is 39.6 Å². The van der Waals surface area contributed by atoms with Crippen molar-refractivity contribution in [3.63, 3.8) is 0 Å². The highest BCUT2D eigenvalue weighted by molar-refractivity contribution is 9.12. The van der Waals surface area contributed by atoms with Gasteiger partial charge in [-0.25, -0.2) is 29.3 Å². The molecule has 0 fully saturated rings. The zero-order chi connectivity index (χ0) is 39.5. The van der Waals surface area contributed by atoms with E-state index in [1.165, 1.54) is 52.7 Å². The van der Waals surface area contributed by atoms with E-state index in [9.17, 15) is 18.4 Å². The lowest BCUT2D eigenvalue weighted by atomic mass is 9.82. The highest BCUT2D eigenvalue weighted by Crippen LogP contribution is 2.21. The van der Waals surface area contributed by atoms with Gasteiger partial charge in [-0.15, -0.1) is 10.2 Å². The number of aromatic nitrogens is 8. The molecule has 0 aliphatic heterocycles. The minimum atomic E-state index is -1.58. The molecule has 0 radical (unpaired) electrons. The van der Waals surface area contributed by atoms with Gasteiger partial charge < -0.3 is 21.5 Å². The van der Waals surface area contributed by atoms with Crippen molar-refractivity contribution >= 4 is 58.3 Å². The quantitative estimate of drug-likeness (QED) is 0.0995. The summed E-state index contributed by atoms with van der Waals surface area (Å²) in [6.45, 7) is 8.05. The Hall–Kier alpha value is -6.24. The number of rotatable bonds is 8. The standard InChI is InChI=1S/C18H16FN5O.C13H13BrN4O.C5H5BFNO2/c1-11-5-12(2)7-14(6-11)18-22-10-24(23-18)9-15(17(20)25)13-3-4-16(19)21-8-13;1-8-3-9(2)5-10(4-8)13-16-7-18(17-13)6-11(14)12(15)19;7-5-2-1-4(3-8-5)6(9)10/h3-10H,1-2H3,(H2,20,25);3-7H,1-2H3,(H2,15,19);1-3,9-10H/b15-9+;11-6-;. The first-order chi connectivity index (χ1) is 25.6. The van der Waals surface area contributed by atoms with Crippen molar-refractivity contribution in [1.82, 2.24) is 39.5 Å². The van der Waals surface area contributed by atoms with Crippen molar-refractivity contribution in [2.45, 2.75) is 27.7 Å². The van der Waals surface area contributed by atoms with E-state index >= 15 is 0 Å². The molecule has 0 saturated carbocycles. The van der Waals surface area contributed by atoms with Gasteiger partial charge in [-0.3, -0.25) is 9.59 Å². The first kappa shape index (κ1) is 40.5. The molecule has 4 heterocycles. The second-order valence-corrected chi connectivity index (χ2v) is 12.6. The lowest BCUT2D eigenvalue weighted by molar-refractivity contribution is -0.114. The van der Waals surface area contributed by atoms with Gasteiger partial charge >= 0.3 is 7.12 Å². The average Bonchev–Trinajstić information content (AvgIpc) is 3.78. The molecule has 0 saturated heterocycles. The van der Waals surface area contributed by atoms with Crippen molar-refractivity contribution in [2.24, 2.45) is 11.5 Å². The molecule has 0 atom stereocenters. The Morgan fingerprint density at radius 1 is 0.685 bits per heavy atom. The maximum Gasteiger partial charge on any atom is 0.490 e. The molecule has 0 aliphatic rings. The second-order valence-electron chi connectivity index (χ2n) is 11.8. The second kappa shape index (κ2) is 18.5. The Bertz CT molecular complexity index is 2270. The van der Waals surface area contributed by atoms with E-state index < -0.39 is 30.8 Å². The van der Waals surface area contributed by atoms with E-state index in [0.717, 1.165) is 51.7 Å². The Labute approximate surface area is 317 Å². The number of benzene rings is 2. The topological polar surface area (TPSA) is 214 Å². The number of carbonyl (C=O) groups excluding carboxylic acids is 2. The van der Waals surface area contributed by atoms with Gasteiger partial charge in [0.2, 0.25) is 11.9 Å². The third kappa shape index (κ3) is 11.9. The van der Waals surface area contributed by atoms with Gasteiger partial charge in [0.15, 0.2) is 11.6 Å². The zero-order valence-corrected chi connectivity index (χ0v) is 31.0. The van der Waals surface area contributed by atoms with E-state index in [-0.39, 0.29) is 15.5 Å². The van der Waals surface area contributed by atoms with Crippen LogP contribution in [-0.2, 0) is 9.59 Å². The van der Waals surface area contributed by atoms with E-state index in [4.69, 9.17) is 21.5 Å². The number of amides is 2. The van der Waals surface area contributed by atoms with Crippen LogP contribution < -0.4 is 16.9 Å². The minimum absolute atomic E-state index is 0.157. The third-order valence-corrected chi connectivity index (χ3v) is 7.67. The molecule has 14 nitrogen and oxygen atoms in total. The van der Waals surface area contributed by atoms with Gasteiger partial charge in [0.25, 0.3) is 11.8 Å². The molecule has 0 bridgehead atoms. The molecule has 2 amide bonds. The first-order valence-electron chi connectivity index (χ1n) is 15.9. The summed E-state index contributed by atoms with van der Waals surface area (Å²) in [5.74, 6) is -1.35. The normalized spacial score (nSPS) is 11.2. The summed E-state index contributed by atoms with van der Waals surface area (Å²) in [6, 6.07) is 17.1. The molecule has 18 heteroatoms. The molecule has 6 aromatic rings. The van der Waals surface area contributed by atoms with E-state index in [1.54, 1.807) is 0 Å². The van der Waals surface area contributed by atoms with Crippen LogP contribution in [-0.4, -0.2) is 68.5 Å². The number of halogens is 3. The van der Waals surface area contributed by atoms with E-state index in [2.05, 4.69) is 58.2 Å². The SMILES string of the molecule is Cc1cc(C)cc(-c2ncn(/C=C(/C(N)=O)c3ccc(F)nc3)n2)c1.Cc1cc(C)cc(-c2ncn(/C=C(\Br)C(N)=O)n2)c1.OB(O)c1ccc(F)nc1. The number of primary amides is 2. The largest absolute Gasteiger partial charge is 0.490 e. The van der Waals surface area contributed by atoms with E-state index in [1.807, 2.05) is 52.0 Å². The highest BCUT2D eigenvalue weighted by atomic mass is 79.9. The monoisotopic (exact) mass is 798 g/mol. The van der Waals surface area contributed by atoms with Crippen LogP contribution in [0.2, 0.25) is 0 Å². The number of nitrogens with zero attached hydrogens (tertiary/aromatic N) is 8. The van der Waals surface area contributed by atoms with Gasteiger partial charge in [-0.05, 0) is 86.1 Å². The average molecular weight is 799 g/mol. The van der Waals surface area contributed by atoms with Gasteiger partial charge in [0.05, 0.1) is 11.8 Å². The lowest BCUT2D eigenvalue weighted by Gasteiger charge is -2.03. The maximum atomic E-state index is 13.0. The van der Waals surface area contributed by atoms with Crippen molar-refractivity contribution in [1.29, 1.82) is 0 Å². The lowest BCUT2D eigenvalue weighted by Crippen LogP contribution is -2.30. The fraction of sp³-hybridized carbons (Fsp3) is 0.111. The highest BCUT2D eigenvalue weighted by Gasteiger charge is 2.12. The Morgan fingerprint density at radius 2 is 1.15 bits per heavy atom. The van der Waals surface area contributed by atoms with Crippen LogP contribution >= 0.6 is 15.9 Å². The predicted octanol–water partition coefficient (Wildman–Crippen LogP) is 3.72. The van der Waals surface area contributed by atoms with Crippen molar-refractivity contribution in [2.75, 3.05) is 0 Å². The molecule has 276 valence electrons. The molecule has 54 heavy (non-hydrogen) atoms. The van der Waals surface area contributed by atoms with Crippen molar-refractivity contribution in [3.05, 3.63) is 130 Å². The van der Waals surface area contributed by atoms with E-state index in [0.29, 0.717) is 17.2 Å². The Balaban J connectivity index is 0.000000197. The van der Waals surface area contributed by atoms with Crippen LogP contribution in [0.4, 0.5) is 8.78 Å². The maximum absolute atomic E-state index is 13.0.